The van der Waals surface area contributed by atoms with Gasteiger partial charge in [0.25, 0.3) is 5.91 Å². The molecule has 1 N–H and O–H groups in total. The molecule has 19 heavy (non-hydrogen) atoms. The number of hydrogen-bond donors (Lipinski definition) is 1. The lowest BCUT2D eigenvalue weighted by Gasteiger charge is -2.35. The summed E-state index contributed by atoms with van der Waals surface area (Å²) in [6.45, 7) is 7.79. The second kappa shape index (κ2) is 5.33. The van der Waals surface area contributed by atoms with E-state index < -0.39 is 5.60 Å². The van der Waals surface area contributed by atoms with E-state index >= 15 is 0 Å². The summed E-state index contributed by atoms with van der Waals surface area (Å²) in [7, 11) is 0. The fraction of sp³-hybridized carbons (Fsp3) is 0.714. The molecule has 1 saturated heterocycles. The zero-order valence-corrected chi connectivity index (χ0v) is 12.0. The van der Waals surface area contributed by atoms with Gasteiger partial charge in [-0.3, -0.25) is 9.48 Å². The van der Waals surface area contributed by atoms with Crippen molar-refractivity contribution >= 4 is 5.91 Å². The van der Waals surface area contributed by atoms with Gasteiger partial charge < -0.3 is 10.0 Å². The Hall–Kier alpha value is -1.36. The Morgan fingerprint density at radius 3 is 2.58 bits per heavy atom. The molecule has 1 fully saturated rings. The molecular formula is C14H23N3O2. The van der Waals surface area contributed by atoms with Crippen molar-refractivity contribution in [1.29, 1.82) is 0 Å². The number of aliphatic hydroxyl groups is 1. The van der Waals surface area contributed by atoms with Gasteiger partial charge in [-0.2, -0.15) is 5.10 Å². The molecule has 0 bridgehead atoms. The van der Waals surface area contributed by atoms with Gasteiger partial charge in [0, 0.05) is 19.6 Å². The van der Waals surface area contributed by atoms with E-state index in [0.717, 1.165) is 12.1 Å². The van der Waals surface area contributed by atoms with Gasteiger partial charge in [0.1, 0.15) is 5.69 Å². The minimum Gasteiger partial charge on any atom is -0.390 e. The third-order valence-electron chi connectivity index (χ3n) is 3.84. The Morgan fingerprint density at radius 1 is 1.42 bits per heavy atom. The van der Waals surface area contributed by atoms with Crippen LogP contribution in [0, 0.1) is 0 Å². The fourth-order valence-electron chi connectivity index (χ4n) is 2.41. The fourth-order valence-corrected chi connectivity index (χ4v) is 2.41. The summed E-state index contributed by atoms with van der Waals surface area (Å²) in [5.41, 5.74) is 0.992. The van der Waals surface area contributed by atoms with E-state index in [1.54, 1.807) is 4.68 Å². The van der Waals surface area contributed by atoms with Crippen molar-refractivity contribution in [2.75, 3.05) is 13.1 Å². The largest absolute Gasteiger partial charge is 0.390 e. The van der Waals surface area contributed by atoms with Crippen molar-refractivity contribution in [3.05, 3.63) is 17.5 Å². The van der Waals surface area contributed by atoms with E-state index in [1.807, 2.05) is 31.7 Å². The summed E-state index contributed by atoms with van der Waals surface area (Å²) in [5, 5.41) is 14.3. The highest BCUT2D eigenvalue weighted by molar-refractivity contribution is 5.92. The van der Waals surface area contributed by atoms with Crippen molar-refractivity contribution in [3.8, 4) is 0 Å². The van der Waals surface area contributed by atoms with Crippen LogP contribution in [0.2, 0.25) is 0 Å². The third kappa shape index (κ3) is 2.97. The molecule has 1 aromatic heterocycles. The summed E-state index contributed by atoms with van der Waals surface area (Å²) < 4.78 is 1.77. The van der Waals surface area contributed by atoms with E-state index in [2.05, 4.69) is 5.10 Å². The summed E-state index contributed by atoms with van der Waals surface area (Å²) in [4.78, 5) is 14.3. The quantitative estimate of drug-likeness (QED) is 0.900. The van der Waals surface area contributed by atoms with Gasteiger partial charge in [0.05, 0.1) is 11.3 Å². The molecule has 5 heteroatoms. The maximum Gasteiger partial charge on any atom is 0.272 e. The average molecular weight is 265 g/mol. The zero-order chi connectivity index (χ0) is 14.0. The molecule has 2 heterocycles. The molecule has 0 unspecified atom stereocenters. The Balaban J connectivity index is 2.14. The van der Waals surface area contributed by atoms with E-state index in [1.165, 1.54) is 0 Å². The van der Waals surface area contributed by atoms with Crippen LogP contribution in [0.25, 0.3) is 0 Å². The summed E-state index contributed by atoms with van der Waals surface area (Å²) in [6, 6.07) is 1.89. The molecule has 0 saturated carbocycles. The molecule has 5 nitrogen and oxygen atoms in total. The van der Waals surface area contributed by atoms with Gasteiger partial charge in [0.15, 0.2) is 0 Å². The minimum atomic E-state index is -0.629. The molecule has 0 radical (unpaired) electrons. The van der Waals surface area contributed by atoms with E-state index in [4.69, 9.17) is 0 Å². The minimum absolute atomic E-state index is 0.0320. The first-order chi connectivity index (χ1) is 8.96. The highest BCUT2D eigenvalue weighted by atomic mass is 16.3. The number of aryl methyl sites for hydroxylation is 2. The van der Waals surface area contributed by atoms with Crippen molar-refractivity contribution < 1.29 is 9.90 Å². The molecule has 1 aliphatic rings. The number of carbonyl (C=O) groups excluding carboxylic acids is 1. The SMILES string of the molecule is CCc1cc(C(=O)N2CCC(C)(O)CC2)n(CC)n1. The van der Waals surface area contributed by atoms with Crippen LogP contribution in [-0.2, 0) is 13.0 Å². The lowest BCUT2D eigenvalue weighted by atomic mass is 9.94. The van der Waals surface area contributed by atoms with E-state index in [9.17, 15) is 9.90 Å². The second-order valence-electron chi connectivity index (χ2n) is 5.48. The van der Waals surface area contributed by atoms with Crippen LogP contribution in [0.15, 0.2) is 6.07 Å². The Kier molecular flexibility index (Phi) is 3.94. The Morgan fingerprint density at radius 2 is 2.05 bits per heavy atom. The lowest BCUT2D eigenvalue weighted by molar-refractivity contribution is -0.00235. The van der Waals surface area contributed by atoms with Crippen LogP contribution < -0.4 is 0 Å². The van der Waals surface area contributed by atoms with Crippen molar-refractivity contribution in [1.82, 2.24) is 14.7 Å². The number of piperidine rings is 1. The lowest BCUT2D eigenvalue weighted by Crippen LogP contribution is -2.45. The predicted octanol–water partition coefficient (Wildman–Crippen LogP) is 1.45. The molecular weight excluding hydrogens is 242 g/mol. The van der Waals surface area contributed by atoms with Crippen molar-refractivity contribution in [2.45, 2.75) is 52.2 Å². The third-order valence-corrected chi connectivity index (χ3v) is 3.84. The van der Waals surface area contributed by atoms with Gasteiger partial charge in [-0.25, -0.2) is 0 Å². The normalized spacial score (nSPS) is 18.6. The van der Waals surface area contributed by atoms with Gasteiger partial charge in [-0.15, -0.1) is 0 Å². The molecule has 2 rings (SSSR count). The number of carbonyl (C=O) groups is 1. The maximum atomic E-state index is 12.5. The smallest absolute Gasteiger partial charge is 0.272 e. The highest BCUT2D eigenvalue weighted by Gasteiger charge is 2.31. The predicted molar refractivity (Wildman–Crippen MR) is 73.0 cm³/mol. The summed E-state index contributed by atoms with van der Waals surface area (Å²) >= 11 is 0. The first kappa shape index (κ1) is 14.1. The van der Waals surface area contributed by atoms with E-state index in [0.29, 0.717) is 38.2 Å². The van der Waals surface area contributed by atoms with Crippen LogP contribution in [0.1, 0.15) is 49.8 Å². The first-order valence-electron chi connectivity index (χ1n) is 7.05. The van der Waals surface area contributed by atoms with Crippen LogP contribution >= 0.6 is 0 Å². The standard InChI is InChI=1S/C14H23N3O2/c1-4-11-10-12(17(5-2)15-11)13(18)16-8-6-14(3,19)7-9-16/h10,19H,4-9H2,1-3H3. The molecule has 1 aliphatic heterocycles. The van der Waals surface area contributed by atoms with Crippen molar-refractivity contribution in [3.63, 3.8) is 0 Å². The molecule has 0 aliphatic carbocycles. The van der Waals surface area contributed by atoms with Crippen LogP contribution in [0.4, 0.5) is 0 Å². The average Bonchev–Trinajstić information content (AvgIpc) is 2.81. The molecule has 0 atom stereocenters. The number of aromatic nitrogens is 2. The van der Waals surface area contributed by atoms with Crippen LogP contribution in [0.5, 0.6) is 0 Å². The van der Waals surface area contributed by atoms with Crippen molar-refractivity contribution in [2.24, 2.45) is 0 Å². The van der Waals surface area contributed by atoms with Gasteiger partial charge in [-0.1, -0.05) is 6.92 Å². The number of likely N-dealkylation sites (tertiary alicyclic amines) is 1. The molecule has 106 valence electrons. The van der Waals surface area contributed by atoms with Crippen LogP contribution in [-0.4, -0.2) is 44.4 Å². The molecule has 0 aromatic carbocycles. The van der Waals surface area contributed by atoms with Gasteiger partial charge >= 0.3 is 0 Å². The Labute approximate surface area is 114 Å². The molecule has 1 aromatic rings. The number of rotatable bonds is 3. The van der Waals surface area contributed by atoms with Gasteiger partial charge in [-0.05, 0) is 39.2 Å². The number of nitrogens with zero attached hydrogens (tertiary/aromatic N) is 3. The Bertz CT molecular complexity index is 455. The molecule has 0 spiro atoms. The maximum absolute atomic E-state index is 12.5. The van der Waals surface area contributed by atoms with E-state index in [-0.39, 0.29) is 5.91 Å². The summed E-state index contributed by atoms with van der Waals surface area (Å²) in [5.74, 6) is 0.0320. The number of amides is 1. The zero-order valence-electron chi connectivity index (χ0n) is 12.0. The molecule has 1 amide bonds. The summed E-state index contributed by atoms with van der Waals surface area (Å²) in [6.07, 6.45) is 2.11. The van der Waals surface area contributed by atoms with Gasteiger partial charge in [0.2, 0.25) is 0 Å². The highest BCUT2D eigenvalue weighted by Crippen LogP contribution is 2.22. The monoisotopic (exact) mass is 265 g/mol. The topological polar surface area (TPSA) is 58.4 Å². The second-order valence-corrected chi connectivity index (χ2v) is 5.48. The first-order valence-corrected chi connectivity index (χ1v) is 7.05. The van der Waals surface area contributed by atoms with Crippen LogP contribution in [0.3, 0.4) is 0 Å². The number of hydrogen-bond acceptors (Lipinski definition) is 3.